The van der Waals surface area contributed by atoms with Crippen LogP contribution >= 0.6 is 0 Å². The Bertz CT molecular complexity index is 916. The predicted molar refractivity (Wildman–Crippen MR) is 92.9 cm³/mol. The molecule has 2 N–H and O–H groups in total. The number of H-pyrrole nitrogens is 1. The fraction of sp³-hybridized carbons (Fsp3) is 0.167. The molecule has 128 valence electrons. The number of nitrogens with zero attached hydrogens (tertiary/aromatic N) is 1. The summed E-state index contributed by atoms with van der Waals surface area (Å²) in [5.74, 6) is 0.414. The number of rotatable bonds is 5. The Balaban J connectivity index is 1.77. The number of nitrogens with one attached hydrogen (secondary N) is 2. The van der Waals surface area contributed by atoms with Crippen molar-refractivity contribution in [2.75, 3.05) is 11.9 Å². The van der Waals surface area contributed by atoms with Crippen molar-refractivity contribution in [2.24, 2.45) is 0 Å². The highest BCUT2D eigenvalue weighted by atomic mass is 16.5. The van der Waals surface area contributed by atoms with Crippen LogP contribution in [0.25, 0.3) is 10.9 Å². The standard InChI is InChI=1S/C18H17N3O4/c1-3-24-18(23)16-8-12-4-6-14(9-15(12)21-16)25-17-7-5-13(10-19-17)20-11(2)22/h4-10,21H,3H2,1-2H3,(H,20,22). The van der Waals surface area contributed by atoms with Crippen molar-refractivity contribution < 1.29 is 19.1 Å². The summed E-state index contributed by atoms with van der Waals surface area (Å²) in [6.45, 7) is 3.51. The van der Waals surface area contributed by atoms with E-state index in [0.717, 1.165) is 10.9 Å². The quantitative estimate of drug-likeness (QED) is 0.694. The van der Waals surface area contributed by atoms with Crippen LogP contribution in [-0.4, -0.2) is 28.5 Å². The average molecular weight is 339 g/mol. The summed E-state index contributed by atoms with van der Waals surface area (Å²) in [5, 5.41) is 3.52. The van der Waals surface area contributed by atoms with E-state index in [-0.39, 0.29) is 5.91 Å². The number of pyridine rings is 1. The van der Waals surface area contributed by atoms with Crippen LogP contribution in [0.2, 0.25) is 0 Å². The zero-order chi connectivity index (χ0) is 17.8. The molecule has 0 aliphatic rings. The highest BCUT2D eigenvalue weighted by molar-refractivity contribution is 5.95. The van der Waals surface area contributed by atoms with Crippen molar-refractivity contribution in [3.63, 3.8) is 0 Å². The molecule has 0 saturated carbocycles. The molecule has 3 rings (SSSR count). The van der Waals surface area contributed by atoms with Gasteiger partial charge in [0.2, 0.25) is 11.8 Å². The summed E-state index contributed by atoms with van der Waals surface area (Å²) >= 11 is 0. The van der Waals surface area contributed by atoms with E-state index in [1.807, 2.05) is 6.07 Å². The van der Waals surface area contributed by atoms with E-state index in [0.29, 0.717) is 29.6 Å². The van der Waals surface area contributed by atoms with Crippen molar-refractivity contribution in [3.8, 4) is 11.6 Å². The second kappa shape index (κ2) is 7.04. The lowest BCUT2D eigenvalue weighted by Gasteiger charge is -2.06. The van der Waals surface area contributed by atoms with Crippen LogP contribution in [0, 0.1) is 0 Å². The van der Waals surface area contributed by atoms with E-state index in [2.05, 4.69) is 15.3 Å². The van der Waals surface area contributed by atoms with E-state index in [1.165, 1.54) is 13.1 Å². The van der Waals surface area contributed by atoms with Crippen LogP contribution in [0.4, 0.5) is 5.69 Å². The molecule has 0 spiro atoms. The van der Waals surface area contributed by atoms with Gasteiger partial charge in [-0.15, -0.1) is 0 Å². The van der Waals surface area contributed by atoms with Crippen LogP contribution < -0.4 is 10.1 Å². The van der Waals surface area contributed by atoms with Gasteiger partial charge in [0, 0.05) is 30.0 Å². The average Bonchev–Trinajstić information content (AvgIpc) is 3.00. The molecule has 25 heavy (non-hydrogen) atoms. The topological polar surface area (TPSA) is 93.3 Å². The minimum absolute atomic E-state index is 0.162. The van der Waals surface area contributed by atoms with Gasteiger partial charge in [-0.05, 0) is 31.2 Å². The van der Waals surface area contributed by atoms with Crippen LogP contribution in [-0.2, 0) is 9.53 Å². The maximum atomic E-state index is 11.8. The fourth-order valence-electron chi connectivity index (χ4n) is 2.33. The first-order chi connectivity index (χ1) is 12.0. The van der Waals surface area contributed by atoms with Crippen molar-refractivity contribution in [1.29, 1.82) is 0 Å². The zero-order valence-electron chi connectivity index (χ0n) is 13.8. The number of aromatic nitrogens is 2. The molecule has 0 unspecified atom stereocenters. The summed E-state index contributed by atoms with van der Waals surface area (Å²) in [5.41, 5.74) is 1.75. The van der Waals surface area contributed by atoms with Crippen molar-refractivity contribution in [1.82, 2.24) is 9.97 Å². The van der Waals surface area contributed by atoms with E-state index < -0.39 is 5.97 Å². The molecular weight excluding hydrogens is 322 g/mol. The lowest BCUT2D eigenvalue weighted by molar-refractivity contribution is -0.114. The molecule has 2 aromatic heterocycles. The number of anilines is 1. The molecule has 0 aliphatic heterocycles. The SMILES string of the molecule is CCOC(=O)c1cc2ccc(Oc3ccc(NC(C)=O)cn3)cc2[nH]1. The van der Waals surface area contributed by atoms with Crippen LogP contribution in [0.15, 0.2) is 42.6 Å². The van der Waals surface area contributed by atoms with Crippen molar-refractivity contribution >= 4 is 28.5 Å². The summed E-state index contributed by atoms with van der Waals surface area (Å²) in [7, 11) is 0. The first kappa shape index (κ1) is 16.5. The Morgan fingerprint density at radius 3 is 2.72 bits per heavy atom. The fourth-order valence-corrected chi connectivity index (χ4v) is 2.33. The third kappa shape index (κ3) is 3.95. The van der Waals surface area contributed by atoms with E-state index >= 15 is 0 Å². The maximum Gasteiger partial charge on any atom is 0.354 e. The van der Waals surface area contributed by atoms with Gasteiger partial charge in [-0.1, -0.05) is 0 Å². The first-order valence-corrected chi connectivity index (χ1v) is 7.76. The molecule has 0 fully saturated rings. The number of amides is 1. The lowest BCUT2D eigenvalue weighted by Crippen LogP contribution is -2.05. The normalized spacial score (nSPS) is 10.5. The second-order valence-corrected chi connectivity index (χ2v) is 5.32. The molecule has 7 heteroatoms. The summed E-state index contributed by atoms with van der Waals surface area (Å²) < 4.78 is 10.7. The van der Waals surface area contributed by atoms with E-state index in [9.17, 15) is 9.59 Å². The van der Waals surface area contributed by atoms with Crippen molar-refractivity contribution in [2.45, 2.75) is 13.8 Å². The summed E-state index contributed by atoms with van der Waals surface area (Å²) in [6.07, 6.45) is 1.52. The summed E-state index contributed by atoms with van der Waals surface area (Å²) in [4.78, 5) is 29.9. The van der Waals surface area contributed by atoms with E-state index in [1.54, 1.807) is 37.3 Å². The molecule has 0 aliphatic carbocycles. The molecule has 2 heterocycles. The van der Waals surface area contributed by atoms with Crippen LogP contribution in [0.3, 0.4) is 0 Å². The van der Waals surface area contributed by atoms with Gasteiger partial charge in [0.1, 0.15) is 11.4 Å². The number of fused-ring (bicyclic) bond motifs is 1. The third-order valence-corrected chi connectivity index (χ3v) is 3.37. The number of carbonyl (C=O) groups is 2. The number of carbonyl (C=O) groups excluding carboxylic acids is 2. The van der Waals surface area contributed by atoms with Crippen LogP contribution in [0.1, 0.15) is 24.3 Å². The lowest BCUT2D eigenvalue weighted by atomic mass is 10.2. The highest BCUT2D eigenvalue weighted by Gasteiger charge is 2.11. The zero-order valence-corrected chi connectivity index (χ0v) is 13.8. The molecule has 1 aromatic carbocycles. The smallest absolute Gasteiger partial charge is 0.354 e. The Hall–Kier alpha value is -3.35. The highest BCUT2D eigenvalue weighted by Crippen LogP contribution is 2.25. The number of aromatic amines is 1. The van der Waals surface area contributed by atoms with Gasteiger partial charge in [-0.25, -0.2) is 9.78 Å². The van der Waals surface area contributed by atoms with Gasteiger partial charge >= 0.3 is 5.97 Å². The Morgan fingerprint density at radius 1 is 1.20 bits per heavy atom. The third-order valence-electron chi connectivity index (χ3n) is 3.37. The number of ether oxygens (including phenoxy) is 2. The van der Waals surface area contributed by atoms with Gasteiger partial charge in [0.15, 0.2) is 0 Å². The van der Waals surface area contributed by atoms with Crippen molar-refractivity contribution in [3.05, 3.63) is 48.3 Å². The Labute approximate surface area is 144 Å². The molecular formula is C18H17N3O4. The van der Waals surface area contributed by atoms with Gasteiger partial charge in [0.25, 0.3) is 0 Å². The monoisotopic (exact) mass is 339 g/mol. The largest absolute Gasteiger partial charge is 0.461 e. The second-order valence-electron chi connectivity index (χ2n) is 5.32. The minimum atomic E-state index is -0.392. The number of esters is 1. The maximum absolute atomic E-state index is 11.8. The first-order valence-electron chi connectivity index (χ1n) is 7.76. The minimum Gasteiger partial charge on any atom is -0.461 e. The van der Waals surface area contributed by atoms with Gasteiger partial charge in [0.05, 0.1) is 18.5 Å². The number of benzene rings is 1. The van der Waals surface area contributed by atoms with Gasteiger partial charge < -0.3 is 19.8 Å². The molecule has 7 nitrogen and oxygen atoms in total. The number of hydrogen-bond donors (Lipinski definition) is 2. The Kier molecular flexibility index (Phi) is 4.65. The number of hydrogen-bond acceptors (Lipinski definition) is 5. The molecule has 0 bridgehead atoms. The predicted octanol–water partition coefficient (Wildman–Crippen LogP) is 3.49. The molecule has 1 amide bonds. The molecule has 3 aromatic rings. The molecule has 0 atom stereocenters. The van der Waals surface area contributed by atoms with Crippen LogP contribution in [0.5, 0.6) is 11.6 Å². The van der Waals surface area contributed by atoms with Gasteiger partial charge in [-0.2, -0.15) is 0 Å². The molecule has 0 saturated heterocycles. The Morgan fingerprint density at radius 2 is 2.04 bits per heavy atom. The van der Waals surface area contributed by atoms with Gasteiger partial charge in [-0.3, -0.25) is 4.79 Å². The van der Waals surface area contributed by atoms with E-state index in [4.69, 9.17) is 9.47 Å². The molecule has 0 radical (unpaired) electrons. The summed E-state index contributed by atoms with van der Waals surface area (Å²) in [6, 6.07) is 10.5.